The monoisotopic (exact) mass is 506 g/mol. The first-order chi connectivity index (χ1) is 15.4. The molecule has 0 aliphatic rings. The van der Waals surface area contributed by atoms with Gasteiger partial charge in [0.05, 0.1) is 30.4 Å². The highest BCUT2D eigenvalue weighted by molar-refractivity contribution is 7.16. The lowest BCUT2D eigenvalue weighted by atomic mass is 9.99. The summed E-state index contributed by atoms with van der Waals surface area (Å²) in [5.74, 6) is 3.28. The van der Waals surface area contributed by atoms with E-state index in [1.165, 1.54) is 12.1 Å². The van der Waals surface area contributed by atoms with Gasteiger partial charge in [-0.2, -0.15) is 0 Å². The highest BCUT2D eigenvalue weighted by Gasteiger charge is 2.25. The predicted octanol–water partition coefficient (Wildman–Crippen LogP) is 8.02. The molecular formula is C26H29Cl2FN2OS. The third kappa shape index (κ3) is 6.20. The molecule has 3 aromatic rings. The van der Waals surface area contributed by atoms with Gasteiger partial charge >= 0.3 is 0 Å². The smallest absolute Gasteiger partial charge is 0.187 e. The van der Waals surface area contributed by atoms with Gasteiger partial charge in [-0.25, -0.2) is 9.37 Å². The van der Waals surface area contributed by atoms with Gasteiger partial charge in [-0.05, 0) is 55.7 Å². The van der Waals surface area contributed by atoms with Crippen LogP contribution in [-0.2, 0) is 0 Å². The molecule has 0 unspecified atom stereocenters. The van der Waals surface area contributed by atoms with E-state index in [0.29, 0.717) is 11.6 Å². The Morgan fingerprint density at radius 3 is 2.55 bits per heavy atom. The van der Waals surface area contributed by atoms with Crippen LogP contribution in [0.15, 0.2) is 36.4 Å². The minimum Gasteiger partial charge on any atom is -0.496 e. The standard InChI is InChI=1S/C26H28ClFN2OS.ClH/c1-6-8-9-23(19-10-12-20(28)13-11-19)30(14-7-2)26-29-25(18(4)32-26)21-15-17(3)24(31-5)16-22(21)27;/h2,10-13,15-16,23H,6,8-9,14H2,1,3-5H3;1H/t23-;/m0./s1. The number of terminal acetylenes is 1. The van der Waals surface area contributed by atoms with E-state index in [2.05, 4.69) is 17.7 Å². The van der Waals surface area contributed by atoms with E-state index in [1.807, 2.05) is 38.1 Å². The Kier molecular flexibility index (Phi) is 10.0. The summed E-state index contributed by atoms with van der Waals surface area (Å²) in [6, 6.07) is 10.5. The quantitative estimate of drug-likeness (QED) is 0.274. The Labute approximate surface area is 211 Å². The normalized spacial score (nSPS) is 11.4. The average molecular weight is 508 g/mol. The summed E-state index contributed by atoms with van der Waals surface area (Å²) >= 11 is 8.18. The molecule has 0 bridgehead atoms. The van der Waals surface area contributed by atoms with E-state index in [0.717, 1.165) is 57.4 Å². The summed E-state index contributed by atoms with van der Waals surface area (Å²) in [5.41, 5.74) is 3.74. The van der Waals surface area contributed by atoms with Crippen molar-refractivity contribution >= 4 is 40.5 Å². The number of methoxy groups -OCH3 is 1. The van der Waals surface area contributed by atoms with E-state index in [9.17, 15) is 4.39 Å². The number of benzene rings is 2. The van der Waals surface area contributed by atoms with E-state index in [1.54, 1.807) is 18.4 Å². The molecule has 0 saturated heterocycles. The van der Waals surface area contributed by atoms with Gasteiger partial charge in [-0.3, -0.25) is 0 Å². The Hall–Kier alpha value is -2.26. The lowest BCUT2D eigenvalue weighted by Gasteiger charge is -2.30. The Balaban J connectivity index is 0.00000385. The second-order valence-corrected chi connectivity index (χ2v) is 9.33. The van der Waals surface area contributed by atoms with Gasteiger partial charge in [-0.15, -0.1) is 30.2 Å². The number of halogens is 3. The zero-order valence-electron chi connectivity index (χ0n) is 19.3. The van der Waals surface area contributed by atoms with Crippen molar-refractivity contribution in [1.29, 1.82) is 0 Å². The minimum absolute atomic E-state index is 0. The van der Waals surface area contributed by atoms with E-state index in [4.69, 9.17) is 27.7 Å². The number of ether oxygens (including phenoxy) is 1. The number of anilines is 1. The summed E-state index contributed by atoms with van der Waals surface area (Å²) in [6.07, 6.45) is 8.75. The highest BCUT2D eigenvalue weighted by atomic mass is 35.5. The first-order valence-electron chi connectivity index (χ1n) is 10.7. The van der Waals surface area contributed by atoms with E-state index in [-0.39, 0.29) is 24.3 Å². The molecule has 0 amide bonds. The number of hydrogen-bond acceptors (Lipinski definition) is 4. The number of unbranched alkanes of at least 4 members (excludes halogenated alkanes) is 1. The molecule has 33 heavy (non-hydrogen) atoms. The lowest BCUT2D eigenvalue weighted by molar-refractivity contribution is 0.412. The van der Waals surface area contributed by atoms with Crippen LogP contribution in [-0.4, -0.2) is 18.6 Å². The largest absolute Gasteiger partial charge is 0.496 e. The molecule has 0 radical (unpaired) electrons. The van der Waals surface area contributed by atoms with Crippen LogP contribution >= 0.6 is 35.3 Å². The van der Waals surface area contributed by atoms with Gasteiger partial charge in [0, 0.05) is 10.4 Å². The number of nitrogens with zero attached hydrogens (tertiary/aromatic N) is 2. The summed E-state index contributed by atoms with van der Waals surface area (Å²) in [4.78, 5) is 8.18. The fraction of sp³-hybridized carbons (Fsp3) is 0.346. The van der Waals surface area contributed by atoms with Gasteiger partial charge in [-0.1, -0.05) is 49.4 Å². The van der Waals surface area contributed by atoms with Crippen molar-refractivity contribution in [1.82, 2.24) is 4.98 Å². The zero-order chi connectivity index (χ0) is 23.3. The van der Waals surface area contributed by atoms with Crippen molar-refractivity contribution in [2.24, 2.45) is 0 Å². The first-order valence-corrected chi connectivity index (χ1v) is 11.9. The van der Waals surface area contributed by atoms with Crippen molar-refractivity contribution in [2.75, 3.05) is 18.6 Å². The third-order valence-electron chi connectivity index (χ3n) is 5.49. The summed E-state index contributed by atoms with van der Waals surface area (Å²) in [5, 5.41) is 1.43. The SMILES string of the molecule is C#CCN(c1nc(-c2cc(C)c(OC)cc2Cl)c(C)s1)[C@@H](CCCC)c1ccc(F)cc1.Cl. The molecule has 3 rings (SSSR count). The van der Waals surface area contributed by atoms with Crippen LogP contribution in [0.5, 0.6) is 5.75 Å². The van der Waals surface area contributed by atoms with Crippen LogP contribution in [0, 0.1) is 32.0 Å². The minimum atomic E-state index is -0.247. The number of hydrogen-bond donors (Lipinski definition) is 0. The zero-order valence-corrected chi connectivity index (χ0v) is 21.7. The van der Waals surface area contributed by atoms with Crippen molar-refractivity contribution < 1.29 is 9.13 Å². The fourth-order valence-electron chi connectivity index (χ4n) is 3.81. The van der Waals surface area contributed by atoms with Gasteiger partial charge in [0.1, 0.15) is 11.6 Å². The fourth-order valence-corrected chi connectivity index (χ4v) is 5.03. The second-order valence-electron chi connectivity index (χ2n) is 7.74. The molecule has 0 aliphatic carbocycles. The van der Waals surface area contributed by atoms with Gasteiger partial charge < -0.3 is 9.64 Å². The third-order valence-corrected chi connectivity index (χ3v) is 6.82. The Morgan fingerprint density at radius 2 is 1.94 bits per heavy atom. The molecule has 0 saturated carbocycles. The second kappa shape index (κ2) is 12.3. The molecule has 0 N–H and O–H groups in total. The van der Waals surface area contributed by atoms with Crippen molar-refractivity contribution in [3.05, 3.63) is 63.2 Å². The van der Waals surface area contributed by atoms with E-state index < -0.39 is 0 Å². The average Bonchev–Trinajstić information content (AvgIpc) is 3.16. The maximum absolute atomic E-state index is 13.6. The van der Waals surface area contributed by atoms with Crippen LogP contribution in [0.4, 0.5) is 9.52 Å². The van der Waals surface area contributed by atoms with Crippen molar-refractivity contribution in [3.63, 3.8) is 0 Å². The predicted molar refractivity (Wildman–Crippen MR) is 141 cm³/mol. The Bertz CT molecular complexity index is 1110. The first kappa shape index (κ1) is 27.0. The molecular weight excluding hydrogens is 478 g/mol. The van der Waals surface area contributed by atoms with Crippen LogP contribution in [0.2, 0.25) is 5.02 Å². The maximum Gasteiger partial charge on any atom is 0.187 e. The molecule has 1 aromatic heterocycles. The summed E-state index contributed by atoms with van der Waals surface area (Å²) in [7, 11) is 1.63. The van der Waals surface area contributed by atoms with E-state index >= 15 is 0 Å². The highest BCUT2D eigenvalue weighted by Crippen LogP contribution is 2.41. The van der Waals surface area contributed by atoms with Crippen molar-refractivity contribution in [3.8, 4) is 29.4 Å². The van der Waals surface area contributed by atoms with Crippen LogP contribution in [0.25, 0.3) is 11.3 Å². The van der Waals surface area contributed by atoms with Gasteiger partial charge in [0.25, 0.3) is 0 Å². The Morgan fingerprint density at radius 1 is 1.24 bits per heavy atom. The molecule has 2 aromatic carbocycles. The topological polar surface area (TPSA) is 25.4 Å². The van der Waals surface area contributed by atoms with Gasteiger partial charge in [0.2, 0.25) is 0 Å². The molecule has 1 atom stereocenters. The van der Waals surface area contributed by atoms with Crippen LogP contribution in [0.3, 0.4) is 0 Å². The summed E-state index contributed by atoms with van der Waals surface area (Å²) in [6.45, 7) is 6.60. The molecule has 3 nitrogen and oxygen atoms in total. The molecule has 1 heterocycles. The van der Waals surface area contributed by atoms with Crippen LogP contribution in [0.1, 0.15) is 48.2 Å². The van der Waals surface area contributed by atoms with Gasteiger partial charge in [0.15, 0.2) is 5.13 Å². The van der Waals surface area contributed by atoms with Crippen LogP contribution < -0.4 is 9.64 Å². The number of rotatable bonds is 9. The molecule has 7 heteroatoms. The van der Waals surface area contributed by atoms with Crippen molar-refractivity contribution in [2.45, 2.75) is 46.1 Å². The number of aromatic nitrogens is 1. The molecule has 0 spiro atoms. The number of thiazole rings is 1. The summed E-state index contributed by atoms with van der Waals surface area (Å²) < 4.78 is 19.0. The molecule has 176 valence electrons. The lowest BCUT2D eigenvalue weighted by Crippen LogP contribution is -2.29. The number of aryl methyl sites for hydroxylation is 2. The molecule has 0 aliphatic heterocycles. The molecule has 0 fully saturated rings. The maximum atomic E-state index is 13.6.